The van der Waals surface area contributed by atoms with Gasteiger partial charge in [0.25, 0.3) is 0 Å². The van der Waals surface area contributed by atoms with E-state index < -0.39 is 0 Å². The molecule has 0 bridgehead atoms. The molecule has 0 amide bonds. The number of methoxy groups -OCH3 is 1. The Morgan fingerprint density at radius 2 is 1.77 bits per heavy atom. The number of hydrogen-bond donors (Lipinski definition) is 1. The molecule has 2 aromatic rings. The van der Waals surface area contributed by atoms with Crippen molar-refractivity contribution in [2.24, 2.45) is 0 Å². The molecular weight excluding hydrogens is 384 g/mol. The highest BCUT2D eigenvalue weighted by molar-refractivity contribution is 5.76. The molecule has 5 heteroatoms. The summed E-state index contributed by atoms with van der Waals surface area (Å²) in [7, 11) is 3.85. The number of rotatable bonds is 5. The number of anilines is 1. The number of ether oxygens (including phenoxy) is 1. The average molecular weight is 421 g/mol. The zero-order valence-corrected chi connectivity index (χ0v) is 19.8. The molecule has 31 heavy (non-hydrogen) atoms. The molecule has 1 aliphatic carbocycles. The molecule has 2 aliphatic rings. The van der Waals surface area contributed by atoms with Gasteiger partial charge in [-0.2, -0.15) is 0 Å². The molecular formula is C26H36N4O. The van der Waals surface area contributed by atoms with Gasteiger partial charge in [-0.15, -0.1) is 10.2 Å². The fourth-order valence-corrected chi connectivity index (χ4v) is 5.43. The summed E-state index contributed by atoms with van der Waals surface area (Å²) < 4.78 is 5.63. The lowest BCUT2D eigenvalue weighted by molar-refractivity contribution is 0.160. The summed E-state index contributed by atoms with van der Waals surface area (Å²) in [5, 5.41) is 13.0. The maximum atomic E-state index is 5.63. The van der Waals surface area contributed by atoms with E-state index in [1.54, 1.807) is 7.11 Å². The first-order chi connectivity index (χ1) is 14.7. The maximum absolute atomic E-state index is 5.63. The third-order valence-corrected chi connectivity index (χ3v) is 6.62. The van der Waals surface area contributed by atoms with Crippen LogP contribution in [0.3, 0.4) is 0 Å². The van der Waals surface area contributed by atoms with Crippen LogP contribution in [-0.4, -0.2) is 41.5 Å². The second-order valence-electron chi connectivity index (χ2n) is 10.4. The van der Waals surface area contributed by atoms with Crippen LogP contribution in [0.5, 0.6) is 5.75 Å². The highest BCUT2D eigenvalue weighted by atomic mass is 16.5. The Hall–Kier alpha value is -2.40. The second kappa shape index (κ2) is 8.27. The van der Waals surface area contributed by atoms with Gasteiger partial charge < -0.3 is 15.0 Å². The first kappa shape index (κ1) is 21.8. The van der Waals surface area contributed by atoms with Gasteiger partial charge in [-0.25, -0.2) is 0 Å². The van der Waals surface area contributed by atoms with Gasteiger partial charge in [0.1, 0.15) is 5.75 Å². The molecule has 4 rings (SSSR count). The number of nitrogens with one attached hydrogen (secondary N) is 1. The molecule has 1 aromatic carbocycles. The average Bonchev–Trinajstić information content (AvgIpc) is 3.25. The Kier molecular flexibility index (Phi) is 5.82. The summed E-state index contributed by atoms with van der Waals surface area (Å²) in [5.41, 5.74) is 4.71. The van der Waals surface area contributed by atoms with E-state index in [0.29, 0.717) is 6.04 Å². The third kappa shape index (κ3) is 4.77. The fourth-order valence-electron chi connectivity index (χ4n) is 5.43. The molecule has 1 saturated heterocycles. The van der Waals surface area contributed by atoms with Crippen molar-refractivity contribution in [3.8, 4) is 17.0 Å². The predicted molar refractivity (Wildman–Crippen MR) is 129 cm³/mol. The minimum Gasteiger partial charge on any atom is -0.496 e. The molecule has 166 valence electrons. The van der Waals surface area contributed by atoms with Crippen molar-refractivity contribution >= 4 is 11.4 Å². The number of hydrogen-bond acceptors (Lipinski definition) is 5. The largest absolute Gasteiger partial charge is 0.496 e. The molecule has 0 spiro atoms. The quantitative estimate of drug-likeness (QED) is 0.695. The van der Waals surface area contributed by atoms with E-state index in [-0.39, 0.29) is 11.1 Å². The first-order valence-corrected chi connectivity index (χ1v) is 11.4. The standard InChI is InChI=1S/C26H36N4O/c1-25(2)16-20(17-26(3,4)29-25)30(5)24-14-12-22(27-28-24)21-15-19(11-13-23(21)31-6)18-9-7-8-10-18/h9,11-15,20,29H,7-8,10,16-17H2,1-6H3. The third-order valence-electron chi connectivity index (χ3n) is 6.62. The molecule has 1 aromatic heterocycles. The minimum atomic E-state index is 0.0940. The molecule has 0 radical (unpaired) electrons. The zero-order valence-electron chi connectivity index (χ0n) is 19.8. The minimum absolute atomic E-state index is 0.0940. The van der Waals surface area contributed by atoms with Crippen molar-refractivity contribution < 1.29 is 4.74 Å². The predicted octanol–water partition coefficient (Wildman–Crippen LogP) is 5.46. The Labute approximate surface area is 186 Å². The molecule has 0 saturated carbocycles. The van der Waals surface area contributed by atoms with Crippen molar-refractivity contribution in [2.75, 3.05) is 19.1 Å². The molecule has 5 nitrogen and oxygen atoms in total. The number of benzene rings is 1. The summed E-state index contributed by atoms with van der Waals surface area (Å²) in [6, 6.07) is 11.0. The van der Waals surface area contributed by atoms with Crippen LogP contribution < -0.4 is 15.0 Å². The molecule has 1 aliphatic heterocycles. The molecule has 0 atom stereocenters. The summed E-state index contributed by atoms with van der Waals surface area (Å²) in [6.07, 6.45) is 8.04. The fraction of sp³-hybridized carbons (Fsp3) is 0.538. The van der Waals surface area contributed by atoms with E-state index >= 15 is 0 Å². The second-order valence-corrected chi connectivity index (χ2v) is 10.4. The van der Waals surface area contributed by atoms with Crippen LogP contribution in [0.1, 0.15) is 65.4 Å². The Bertz CT molecular complexity index is 946. The van der Waals surface area contributed by atoms with Crippen molar-refractivity contribution in [2.45, 2.75) is 76.9 Å². The SMILES string of the molecule is COc1ccc(C2=CCCC2)cc1-c1ccc(N(C)C2CC(C)(C)NC(C)(C)C2)nn1. The van der Waals surface area contributed by atoms with E-state index in [9.17, 15) is 0 Å². The van der Waals surface area contributed by atoms with E-state index in [0.717, 1.165) is 42.1 Å². The Balaban J connectivity index is 1.59. The lowest BCUT2D eigenvalue weighted by Crippen LogP contribution is -2.62. The van der Waals surface area contributed by atoms with Crippen molar-refractivity contribution in [1.29, 1.82) is 0 Å². The summed E-state index contributed by atoms with van der Waals surface area (Å²) in [6.45, 7) is 9.12. The highest BCUT2D eigenvalue weighted by Crippen LogP contribution is 2.36. The van der Waals surface area contributed by atoms with Crippen molar-refractivity contribution in [1.82, 2.24) is 15.5 Å². The Morgan fingerprint density at radius 1 is 1.03 bits per heavy atom. The van der Waals surface area contributed by atoms with Gasteiger partial charge in [-0.05, 0) is 95.2 Å². The van der Waals surface area contributed by atoms with Gasteiger partial charge in [0.2, 0.25) is 0 Å². The van der Waals surface area contributed by atoms with E-state index in [4.69, 9.17) is 4.74 Å². The number of nitrogens with zero attached hydrogens (tertiary/aromatic N) is 3. The number of allylic oxidation sites excluding steroid dienone is 2. The van der Waals surface area contributed by atoms with Gasteiger partial charge in [-0.1, -0.05) is 12.1 Å². The Morgan fingerprint density at radius 3 is 2.35 bits per heavy atom. The van der Waals surface area contributed by atoms with Gasteiger partial charge in [0.15, 0.2) is 5.82 Å². The summed E-state index contributed by atoms with van der Waals surface area (Å²) in [5.74, 6) is 1.75. The molecule has 0 unspecified atom stereocenters. The normalized spacial score (nSPS) is 20.4. The van der Waals surface area contributed by atoms with Gasteiger partial charge in [-0.3, -0.25) is 0 Å². The maximum Gasteiger partial charge on any atom is 0.151 e. The van der Waals surface area contributed by atoms with Crippen LogP contribution in [0, 0.1) is 0 Å². The van der Waals surface area contributed by atoms with Crippen LogP contribution in [-0.2, 0) is 0 Å². The van der Waals surface area contributed by atoms with E-state index in [2.05, 4.69) is 85.5 Å². The van der Waals surface area contributed by atoms with E-state index in [1.807, 2.05) is 6.07 Å². The molecule has 1 fully saturated rings. The van der Waals surface area contributed by atoms with Crippen LogP contribution in [0.15, 0.2) is 36.4 Å². The van der Waals surface area contributed by atoms with Crippen LogP contribution >= 0.6 is 0 Å². The van der Waals surface area contributed by atoms with E-state index in [1.165, 1.54) is 24.0 Å². The molecule has 1 N–H and O–H groups in total. The van der Waals surface area contributed by atoms with Gasteiger partial charge in [0, 0.05) is 29.7 Å². The van der Waals surface area contributed by atoms with Gasteiger partial charge >= 0.3 is 0 Å². The molecule has 2 heterocycles. The smallest absolute Gasteiger partial charge is 0.151 e. The summed E-state index contributed by atoms with van der Waals surface area (Å²) in [4.78, 5) is 2.29. The van der Waals surface area contributed by atoms with Crippen LogP contribution in [0.25, 0.3) is 16.8 Å². The summed E-state index contributed by atoms with van der Waals surface area (Å²) >= 11 is 0. The van der Waals surface area contributed by atoms with Crippen molar-refractivity contribution in [3.63, 3.8) is 0 Å². The lowest BCUT2D eigenvalue weighted by atomic mass is 9.79. The lowest BCUT2D eigenvalue weighted by Gasteiger charge is -2.49. The first-order valence-electron chi connectivity index (χ1n) is 11.4. The van der Waals surface area contributed by atoms with Crippen LogP contribution in [0.2, 0.25) is 0 Å². The zero-order chi connectivity index (χ0) is 22.2. The van der Waals surface area contributed by atoms with Gasteiger partial charge in [0.05, 0.1) is 12.8 Å². The monoisotopic (exact) mass is 420 g/mol. The number of aromatic nitrogens is 2. The number of piperidine rings is 1. The highest BCUT2D eigenvalue weighted by Gasteiger charge is 2.39. The van der Waals surface area contributed by atoms with Crippen LogP contribution in [0.4, 0.5) is 5.82 Å². The van der Waals surface area contributed by atoms with Crippen molar-refractivity contribution in [3.05, 3.63) is 42.0 Å². The topological polar surface area (TPSA) is 50.3 Å².